The fourth-order valence-electron chi connectivity index (χ4n) is 1.92. The average molecular weight is 290 g/mol. The van der Waals surface area contributed by atoms with Gasteiger partial charge >= 0.3 is 0 Å². The third-order valence-electron chi connectivity index (χ3n) is 2.97. The van der Waals surface area contributed by atoms with Gasteiger partial charge in [0.05, 0.1) is 11.9 Å². The molecule has 2 rings (SSSR count). The molecular weight excluding hydrogens is 268 g/mol. The Morgan fingerprint density at radius 1 is 1.10 bits per heavy atom. The number of nitrogens with one attached hydrogen (secondary N) is 2. The third kappa shape index (κ3) is 3.80. The Kier molecular flexibility index (Phi) is 4.91. The van der Waals surface area contributed by atoms with Crippen molar-refractivity contribution in [2.75, 3.05) is 35.2 Å². The molecule has 0 aliphatic heterocycles. The van der Waals surface area contributed by atoms with Crippen LogP contribution in [0, 0.1) is 0 Å². The molecule has 8 nitrogen and oxygen atoms in total. The predicted molar refractivity (Wildman–Crippen MR) is 84.0 cm³/mol. The zero-order chi connectivity index (χ0) is 15.2. The Hall–Kier alpha value is -2.38. The smallest absolute Gasteiger partial charge is 0.233 e. The number of hydrogen-bond acceptors (Lipinski definition) is 7. The Balaban J connectivity index is 2.30. The van der Waals surface area contributed by atoms with Crippen LogP contribution in [-0.4, -0.2) is 44.4 Å². The summed E-state index contributed by atoms with van der Waals surface area (Å²) < 4.78 is 1.72. The van der Waals surface area contributed by atoms with Crippen molar-refractivity contribution in [1.82, 2.24) is 24.7 Å². The average Bonchev–Trinajstić information content (AvgIpc) is 2.86. The van der Waals surface area contributed by atoms with Crippen LogP contribution in [0.2, 0.25) is 0 Å². The lowest BCUT2D eigenvalue weighted by Crippen LogP contribution is -2.25. The molecule has 0 atom stereocenters. The SMILES string of the molecule is CCNc1nc(Nc2cnn(C)c2)nc(N(CC)CC)n1. The van der Waals surface area contributed by atoms with Gasteiger partial charge in [0.2, 0.25) is 17.8 Å². The molecule has 0 unspecified atom stereocenters. The van der Waals surface area contributed by atoms with Crippen molar-refractivity contribution in [3.63, 3.8) is 0 Å². The standard InChI is InChI=1S/C13H22N8/c1-5-14-11-17-12(16-10-8-15-20(4)9-10)19-13(18-11)21(6-2)7-3/h8-9H,5-7H2,1-4H3,(H2,14,16,17,18,19). The van der Waals surface area contributed by atoms with Crippen molar-refractivity contribution in [1.29, 1.82) is 0 Å². The van der Waals surface area contributed by atoms with E-state index in [9.17, 15) is 0 Å². The molecule has 114 valence electrons. The summed E-state index contributed by atoms with van der Waals surface area (Å²) in [7, 11) is 1.87. The van der Waals surface area contributed by atoms with Gasteiger partial charge in [-0.3, -0.25) is 4.68 Å². The first kappa shape index (κ1) is 15.0. The topological polar surface area (TPSA) is 83.8 Å². The molecule has 0 bridgehead atoms. The maximum atomic E-state index is 4.48. The molecule has 0 saturated heterocycles. The van der Waals surface area contributed by atoms with Gasteiger partial charge in [-0.1, -0.05) is 0 Å². The van der Waals surface area contributed by atoms with Crippen LogP contribution in [0.5, 0.6) is 0 Å². The van der Waals surface area contributed by atoms with Crippen LogP contribution in [0.3, 0.4) is 0 Å². The van der Waals surface area contributed by atoms with Crippen molar-refractivity contribution in [3.8, 4) is 0 Å². The van der Waals surface area contributed by atoms with E-state index < -0.39 is 0 Å². The van der Waals surface area contributed by atoms with Crippen LogP contribution in [0.15, 0.2) is 12.4 Å². The molecule has 2 aromatic rings. The molecule has 0 radical (unpaired) electrons. The molecule has 2 N–H and O–H groups in total. The highest BCUT2D eigenvalue weighted by atomic mass is 15.3. The second kappa shape index (κ2) is 6.87. The van der Waals surface area contributed by atoms with Gasteiger partial charge < -0.3 is 15.5 Å². The Morgan fingerprint density at radius 2 is 1.81 bits per heavy atom. The zero-order valence-electron chi connectivity index (χ0n) is 13.0. The molecule has 0 aliphatic rings. The van der Waals surface area contributed by atoms with Gasteiger partial charge in [-0.15, -0.1) is 0 Å². The largest absolute Gasteiger partial charge is 0.354 e. The highest BCUT2D eigenvalue weighted by Gasteiger charge is 2.11. The van der Waals surface area contributed by atoms with Gasteiger partial charge in [-0.2, -0.15) is 20.1 Å². The maximum absolute atomic E-state index is 4.48. The molecule has 0 fully saturated rings. The second-order valence-corrected chi connectivity index (χ2v) is 4.51. The molecule has 2 heterocycles. The molecule has 0 aromatic carbocycles. The van der Waals surface area contributed by atoms with Crippen LogP contribution in [0.4, 0.5) is 23.5 Å². The van der Waals surface area contributed by atoms with Crippen molar-refractivity contribution < 1.29 is 0 Å². The Bertz CT molecular complexity index is 575. The summed E-state index contributed by atoms with van der Waals surface area (Å²) in [5.74, 6) is 1.74. The number of nitrogens with zero attached hydrogens (tertiary/aromatic N) is 6. The predicted octanol–water partition coefficient (Wildman–Crippen LogP) is 1.63. The van der Waals surface area contributed by atoms with Gasteiger partial charge in [0.15, 0.2) is 0 Å². The van der Waals surface area contributed by atoms with E-state index in [1.54, 1.807) is 10.9 Å². The molecule has 2 aromatic heterocycles. The number of aryl methyl sites for hydroxylation is 1. The molecule has 0 spiro atoms. The Morgan fingerprint density at radius 3 is 2.38 bits per heavy atom. The molecule has 8 heteroatoms. The van der Waals surface area contributed by atoms with Gasteiger partial charge in [0.25, 0.3) is 0 Å². The first-order chi connectivity index (χ1) is 10.2. The lowest BCUT2D eigenvalue weighted by molar-refractivity contribution is 0.768. The first-order valence-corrected chi connectivity index (χ1v) is 7.16. The van der Waals surface area contributed by atoms with Crippen molar-refractivity contribution in [2.45, 2.75) is 20.8 Å². The third-order valence-corrected chi connectivity index (χ3v) is 2.97. The van der Waals surface area contributed by atoms with Gasteiger partial charge in [0.1, 0.15) is 0 Å². The van der Waals surface area contributed by atoms with E-state index in [1.165, 1.54) is 0 Å². The molecule has 0 saturated carbocycles. The van der Waals surface area contributed by atoms with Gasteiger partial charge in [0, 0.05) is 32.9 Å². The van der Waals surface area contributed by atoms with E-state index >= 15 is 0 Å². The minimum Gasteiger partial charge on any atom is -0.354 e. The summed E-state index contributed by atoms with van der Waals surface area (Å²) in [4.78, 5) is 15.4. The number of rotatable bonds is 7. The zero-order valence-corrected chi connectivity index (χ0v) is 13.0. The van der Waals surface area contributed by atoms with Crippen molar-refractivity contribution in [3.05, 3.63) is 12.4 Å². The van der Waals surface area contributed by atoms with E-state index in [4.69, 9.17) is 0 Å². The summed E-state index contributed by atoms with van der Waals surface area (Å²) in [6, 6.07) is 0. The van der Waals surface area contributed by atoms with Crippen molar-refractivity contribution >= 4 is 23.5 Å². The highest BCUT2D eigenvalue weighted by Crippen LogP contribution is 2.17. The summed E-state index contributed by atoms with van der Waals surface area (Å²) in [5, 5.41) is 10.4. The monoisotopic (exact) mass is 290 g/mol. The van der Waals surface area contributed by atoms with Crippen LogP contribution in [0.1, 0.15) is 20.8 Å². The quantitative estimate of drug-likeness (QED) is 0.801. The summed E-state index contributed by atoms with van der Waals surface area (Å²) >= 11 is 0. The molecule has 0 aliphatic carbocycles. The number of hydrogen-bond donors (Lipinski definition) is 2. The fourth-order valence-corrected chi connectivity index (χ4v) is 1.92. The van der Waals surface area contributed by atoms with E-state index in [-0.39, 0.29) is 0 Å². The molecule has 21 heavy (non-hydrogen) atoms. The molecular formula is C13H22N8. The summed E-state index contributed by atoms with van der Waals surface area (Å²) in [6.07, 6.45) is 3.60. The number of anilines is 4. The lowest BCUT2D eigenvalue weighted by atomic mass is 10.5. The summed E-state index contributed by atoms with van der Waals surface area (Å²) in [6.45, 7) is 8.61. The van der Waals surface area contributed by atoms with Crippen molar-refractivity contribution in [2.24, 2.45) is 7.05 Å². The molecule has 0 amide bonds. The van der Waals surface area contributed by atoms with Gasteiger partial charge in [-0.05, 0) is 20.8 Å². The van der Waals surface area contributed by atoms with Crippen LogP contribution < -0.4 is 15.5 Å². The van der Waals surface area contributed by atoms with Crippen LogP contribution in [0.25, 0.3) is 0 Å². The van der Waals surface area contributed by atoms with E-state index in [0.717, 1.165) is 25.3 Å². The van der Waals surface area contributed by atoms with Gasteiger partial charge in [-0.25, -0.2) is 0 Å². The van der Waals surface area contributed by atoms with Crippen LogP contribution >= 0.6 is 0 Å². The minimum absolute atomic E-state index is 0.510. The lowest BCUT2D eigenvalue weighted by Gasteiger charge is -2.19. The normalized spacial score (nSPS) is 10.5. The maximum Gasteiger partial charge on any atom is 0.233 e. The highest BCUT2D eigenvalue weighted by molar-refractivity contribution is 5.54. The minimum atomic E-state index is 0.510. The van der Waals surface area contributed by atoms with E-state index in [0.29, 0.717) is 17.8 Å². The van der Waals surface area contributed by atoms with Crippen LogP contribution in [-0.2, 0) is 7.05 Å². The van der Waals surface area contributed by atoms with E-state index in [1.807, 2.05) is 20.2 Å². The van der Waals surface area contributed by atoms with E-state index in [2.05, 4.69) is 49.4 Å². The summed E-state index contributed by atoms with van der Waals surface area (Å²) in [5.41, 5.74) is 0.844. The second-order valence-electron chi connectivity index (χ2n) is 4.51. The Labute approximate surface area is 124 Å². The first-order valence-electron chi connectivity index (χ1n) is 7.16. The number of aromatic nitrogens is 5. The fraction of sp³-hybridized carbons (Fsp3) is 0.538.